The van der Waals surface area contributed by atoms with Gasteiger partial charge in [0.1, 0.15) is 18.2 Å². The number of aryl methyl sites for hydroxylation is 1. The summed E-state index contributed by atoms with van der Waals surface area (Å²) in [6.07, 6.45) is 1.82. The highest BCUT2D eigenvalue weighted by Gasteiger charge is 2.13. The standard InChI is InChI=1S/C14H14N2O2S/c1-9-6-11(15)14(16-8-9)19-10-2-3-12-13(7-10)18-5-4-17-12/h2-3,6-8H,4-5,15H2,1H3. The number of pyridine rings is 1. The van der Waals surface area contributed by atoms with Gasteiger partial charge in [0.05, 0.1) is 5.69 Å². The number of ether oxygens (including phenoxy) is 2. The molecule has 1 aliphatic rings. The SMILES string of the molecule is Cc1cnc(Sc2ccc3c(c2)OCCO3)c(N)c1. The van der Waals surface area contributed by atoms with Gasteiger partial charge in [0.15, 0.2) is 11.5 Å². The Morgan fingerprint density at radius 2 is 1.95 bits per heavy atom. The lowest BCUT2D eigenvalue weighted by Gasteiger charge is -2.18. The predicted octanol–water partition coefficient (Wildman–Crippen LogP) is 2.89. The summed E-state index contributed by atoms with van der Waals surface area (Å²) in [6.45, 7) is 3.17. The van der Waals surface area contributed by atoms with E-state index in [2.05, 4.69) is 4.98 Å². The number of hydrogen-bond donors (Lipinski definition) is 1. The van der Waals surface area contributed by atoms with Crippen molar-refractivity contribution in [2.24, 2.45) is 0 Å². The number of benzene rings is 1. The minimum atomic E-state index is 0.589. The summed E-state index contributed by atoms with van der Waals surface area (Å²) < 4.78 is 11.1. The van der Waals surface area contributed by atoms with E-state index in [4.69, 9.17) is 15.2 Å². The zero-order valence-corrected chi connectivity index (χ0v) is 11.4. The van der Waals surface area contributed by atoms with E-state index in [0.717, 1.165) is 27.0 Å². The van der Waals surface area contributed by atoms with Crippen LogP contribution >= 0.6 is 11.8 Å². The minimum Gasteiger partial charge on any atom is -0.486 e. The maximum atomic E-state index is 5.97. The van der Waals surface area contributed by atoms with E-state index in [0.29, 0.717) is 18.9 Å². The molecular formula is C14H14N2O2S. The molecule has 0 atom stereocenters. The lowest BCUT2D eigenvalue weighted by Crippen LogP contribution is -2.15. The predicted molar refractivity (Wildman–Crippen MR) is 74.9 cm³/mol. The van der Waals surface area contributed by atoms with Gasteiger partial charge in [0.2, 0.25) is 0 Å². The third-order valence-corrected chi connectivity index (χ3v) is 3.77. The van der Waals surface area contributed by atoms with E-state index in [1.807, 2.05) is 37.4 Å². The summed E-state index contributed by atoms with van der Waals surface area (Å²) in [5.74, 6) is 1.57. The second kappa shape index (κ2) is 5.01. The topological polar surface area (TPSA) is 57.4 Å². The van der Waals surface area contributed by atoms with Gasteiger partial charge in [-0.2, -0.15) is 0 Å². The Bertz CT molecular complexity index is 616. The molecule has 1 aromatic carbocycles. The third-order valence-electron chi connectivity index (χ3n) is 2.74. The van der Waals surface area contributed by atoms with E-state index in [1.165, 1.54) is 11.8 Å². The summed E-state index contributed by atoms with van der Waals surface area (Å²) >= 11 is 1.52. The number of nitrogens with zero attached hydrogens (tertiary/aromatic N) is 1. The second-order valence-corrected chi connectivity index (χ2v) is 5.38. The van der Waals surface area contributed by atoms with Crippen LogP contribution in [0.25, 0.3) is 0 Å². The van der Waals surface area contributed by atoms with E-state index in [9.17, 15) is 0 Å². The lowest BCUT2D eigenvalue weighted by molar-refractivity contribution is 0.171. The van der Waals surface area contributed by atoms with Crippen molar-refractivity contribution in [3.63, 3.8) is 0 Å². The van der Waals surface area contributed by atoms with Gasteiger partial charge < -0.3 is 15.2 Å². The number of nitrogens with two attached hydrogens (primary N) is 1. The molecule has 19 heavy (non-hydrogen) atoms. The molecule has 0 saturated carbocycles. The summed E-state index contributed by atoms with van der Waals surface area (Å²) in [4.78, 5) is 5.39. The molecule has 0 radical (unpaired) electrons. The van der Waals surface area contributed by atoms with Crippen molar-refractivity contribution in [3.8, 4) is 11.5 Å². The fourth-order valence-electron chi connectivity index (χ4n) is 1.86. The number of aromatic nitrogens is 1. The monoisotopic (exact) mass is 274 g/mol. The molecule has 4 nitrogen and oxygen atoms in total. The van der Waals surface area contributed by atoms with Crippen LogP contribution in [0.15, 0.2) is 40.4 Å². The zero-order chi connectivity index (χ0) is 13.2. The quantitative estimate of drug-likeness (QED) is 0.912. The molecule has 98 valence electrons. The van der Waals surface area contributed by atoms with E-state index in [-0.39, 0.29) is 0 Å². The molecular weight excluding hydrogens is 260 g/mol. The first kappa shape index (κ1) is 12.2. The number of rotatable bonds is 2. The van der Waals surface area contributed by atoms with E-state index < -0.39 is 0 Å². The highest BCUT2D eigenvalue weighted by Crippen LogP contribution is 2.37. The Kier molecular flexibility index (Phi) is 3.21. The molecule has 0 bridgehead atoms. The highest BCUT2D eigenvalue weighted by atomic mass is 32.2. The van der Waals surface area contributed by atoms with Gasteiger partial charge in [0.25, 0.3) is 0 Å². The van der Waals surface area contributed by atoms with Gasteiger partial charge in [-0.25, -0.2) is 4.98 Å². The first-order valence-electron chi connectivity index (χ1n) is 6.02. The summed E-state index contributed by atoms with van der Waals surface area (Å²) in [5.41, 5.74) is 7.72. The Labute approximate surface area is 115 Å². The zero-order valence-electron chi connectivity index (χ0n) is 10.6. The second-order valence-electron chi connectivity index (χ2n) is 4.31. The fourth-order valence-corrected chi connectivity index (χ4v) is 2.67. The van der Waals surface area contributed by atoms with Gasteiger partial charge in [-0.3, -0.25) is 0 Å². The third kappa shape index (κ3) is 2.61. The van der Waals surface area contributed by atoms with Crippen molar-refractivity contribution in [2.75, 3.05) is 18.9 Å². The molecule has 0 aliphatic carbocycles. The summed E-state index contributed by atoms with van der Waals surface area (Å²) in [5, 5.41) is 0.808. The van der Waals surface area contributed by atoms with Crippen LogP contribution in [0, 0.1) is 6.92 Å². The summed E-state index contributed by atoms with van der Waals surface area (Å²) in [6, 6.07) is 7.79. The molecule has 0 unspecified atom stereocenters. The normalized spacial score (nSPS) is 13.3. The van der Waals surface area contributed by atoms with E-state index >= 15 is 0 Å². The van der Waals surface area contributed by atoms with Gasteiger partial charge in [-0.05, 0) is 36.8 Å². The first-order chi connectivity index (χ1) is 9.22. The summed E-state index contributed by atoms with van der Waals surface area (Å²) in [7, 11) is 0. The molecule has 2 aromatic rings. The maximum absolute atomic E-state index is 5.97. The molecule has 0 fully saturated rings. The van der Waals surface area contributed by atoms with Crippen molar-refractivity contribution >= 4 is 17.4 Å². The molecule has 2 N–H and O–H groups in total. The number of anilines is 1. The van der Waals surface area contributed by atoms with E-state index in [1.54, 1.807) is 0 Å². The Balaban J connectivity index is 1.87. The Morgan fingerprint density at radius 3 is 2.74 bits per heavy atom. The van der Waals surface area contributed by atoms with Gasteiger partial charge in [-0.1, -0.05) is 11.8 Å². The largest absolute Gasteiger partial charge is 0.486 e. The van der Waals surface area contributed by atoms with Gasteiger partial charge in [-0.15, -0.1) is 0 Å². The van der Waals surface area contributed by atoms with Crippen molar-refractivity contribution in [1.29, 1.82) is 0 Å². The average Bonchev–Trinajstić information content (AvgIpc) is 2.42. The molecule has 0 spiro atoms. The van der Waals surface area contributed by atoms with Crippen LogP contribution < -0.4 is 15.2 Å². The molecule has 3 rings (SSSR count). The molecule has 0 amide bonds. The Morgan fingerprint density at radius 1 is 1.16 bits per heavy atom. The number of nitrogen functional groups attached to an aromatic ring is 1. The van der Waals surface area contributed by atoms with Crippen molar-refractivity contribution in [2.45, 2.75) is 16.8 Å². The van der Waals surface area contributed by atoms with Crippen LogP contribution in [0.3, 0.4) is 0 Å². The van der Waals surface area contributed by atoms with Crippen LogP contribution in [0.4, 0.5) is 5.69 Å². The molecule has 2 heterocycles. The Hall–Kier alpha value is -1.88. The maximum Gasteiger partial charge on any atom is 0.162 e. The van der Waals surface area contributed by atoms with Crippen molar-refractivity contribution in [3.05, 3.63) is 36.0 Å². The van der Waals surface area contributed by atoms with Crippen molar-refractivity contribution in [1.82, 2.24) is 4.98 Å². The minimum absolute atomic E-state index is 0.589. The van der Waals surface area contributed by atoms with Crippen LogP contribution in [-0.4, -0.2) is 18.2 Å². The number of hydrogen-bond acceptors (Lipinski definition) is 5. The highest BCUT2D eigenvalue weighted by molar-refractivity contribution is 7.99. The molecule has 5 heteroatoms. The molecule has 1 aromatic heterocycles. The van der Waals surface area contributed by atoms with Crippen LogP contribution in [0.1, 0.15) is 5.56 Å². The van der Waals surface area contributed by atoms with Crippen molar-refractivity contribution < 1.29 is 9.47 Å². The van der Waals surface area contributed by atoms with Crippen LogP contribution in [0.5, 0.6) is 11.5 Å². The van der Waals surface area contributed by atoms with Gasteiger partial charge in [0, 0.05) is 11.1 Å². The first-order valence-corrected chi connectivity index (χ1v) is 6.83. The average molecular weight is 274 g/mol. The lowest BCUT2D eigenvalue weighted by atomic mass is 10.3. The van der Waals surface area contributed by atoms with Crippen LogP contribution in [-0.2, 0) is 0 Å². The molecule has 0 saturated heterocycles. The fraction of sp³-hybridized carbons (Fsp3) is 0.214. The smallest absolute Gasteiger partial charge is 0.162 e. The van der Waals surface area contributed by atoms with Gasteiger partial charge >= 0.3 is 0 Å². The molecule has 1 aliphatic heterocycles. The number of fused-ring (bicyclic) bond motifs is 1. The van der Waals surface area contributed by atoms with Crippen LogP contribution in [0.2, 0.25) is 0 Å².